The van der Waals surface area contributed by atoms with Crippen molar-refractivity contribution >= 4 is 28.5 Å². The van der Waals surface area contributed by atoms with Gasteiger partial charge in [-0.15, -0.1) is 0 Å². The van der Waals surface area contributed by atoms with Crippen molar-refractivity contribution in [2.24, 2.45) is 5.73 Å². The van der Waals surface area contributed by atoms with Crippen LogP contribution >= 0.6 is 22.6 Å². The molecule has 0 aromatic heterocycles. The summed E-state index contributed by atoms with van der Waals surface area (Å²) in [6.45, 7) is 4.15. The molecule has 0 aromatic rings. The number of carbonyl (C=O) groups excluding carboxylic acids is 1. The molecule has 1 aliphatic heterocycles. The lowest BCUT2D eigenvalue weighted by atomic mass is 9.90. The van der Waals surface area contributed by atoms with Crippen molar-refractivity contribution in [2.75, 3.05) is 0 Å². The summed E-state index contributed by atoms with van der Waals surface area (Å²) in [6, 6.07) is 0. The molecule has 0 aliphatic carbocycles. The first-order chi connectivity index (χ1) is 6.55. The summed E-state index contributed by atoms with van der Waals surface area (Å²) in [4.78, 5) is 11.2. The van der Waals surface area contributed by atoms with Crippen LogP contribution in [0.2, 0.25) is 0 Å². The van der Waals surface area contributed by atoms with Crippen LogP contribution in [0.1, 0.15) is 26.7 Å². The van der Waals surface area contributed by atoms with E-state index in [4.69, 9.17) is 5.73 Å². The third kappa shape index (κ3) is 1.94. The minimum atomic E-state index is -0.374. The van der Waals surface area contributed by atoms with E-state index >= 15 is 0 Å². The van der Waals surface area contributed by atoms with Gasteiger partial charge in [-0.25, -0.2) is 0 Å². The zero-order valence-electron chi connectivity index (χ0n) is 8.43. The monoisotopic (exact) mass is 306 g/mol. The summed E-state index contributed by atoms with van der Waals surface area (Å²) >= 11 is 2.37. The largest absolute Gasteiger partial charge is 0.364 e. The lowest BCUT2D eigenvalue weighted by Gasteiger charge is -2.30. The molecule has 0 fully saturated rings. The Morgan fingerprint density at radius 1 is 1.64 bits per heavy atom. The Kier molecular flexibility index (Phi) is 3.58. The molecular weight excluding hydrogens is 291 g/mol. The highest BCUT2D eigenvalue weighted by Crippen LogP contribution is 2.38. The average molecular weight is 306 g/mol. The van der Waals surface area contributed by atoms with E-state index in [0.29, 0.717) is 5.70 Å². The molecule has 14 heavy (non-hydrogen) atoms. The van der Waals surface area contributed by atoms with Crippen LogP contribution in [0.5, 0.6) is 0 Å². The first-order valence-electron chi connectivity index (χ1n) is 4.71. The normalized spacial score (nSPS) is 26.2. The van der Waals surface area contributed by atoms with Gasteiger partial charge in [-0.05, 0) is 30.7 Å². The molecule has 0 spiro atoms. The van der Waals surface area contributed by atoms with Crippen molar-refractivity contribution in [3.8, 4) is 0 Å². The number of amides is 1. The highest BCUT2D eigenvalue weighted by Gasteiger charge is 2.31. The maximum Gasteiger partial charge on any atom is 0.265 e. The minimum Gasteiger partial charge on any atom is -0.364 e. The van der Waals surface area contributed by atoms with Crippen molar-refractivity contribution in [1.82, 2.24) is 5.32 Å². The molecule has 3 N–H and O–H groups in total. The van der Waals surface area contributed by atoms with Crippen LogP contribution in [0.15, 0.2) is 23.5 Å². The van der Waals surface area contributed by atoms with E-state index < -0.39 is 0 Å². The fourth-order valence-corrected chi connectivity index (χ4v) is 2.51. The predicted molar refractivity (Wildman–Crippen MR) is 65.8 cm³/mol. The molecule has 1 unspecified atom stereocenters. The fourth-order valence-electron chi connectivity index (χ4n) is 1.67. The number of hydrogen-bond acceptors (Lipinski definition) is 2. The Hall–Kier alpha value is -0.520. The molecule has 1 rings (SSSR count). The van der Waals surface area contributed by atoms with Gasteiger partial charge in [0.2, 0.25) is 0 Å². The molecule has 78 valence electrons. The van der Waals surface area contributed by atoms with Crippen molar-refractivity contribution in [1.29, 1.82) is 0 Å². The van der Waals surface area contributed by atoms with Crippen molar-refractivity contribution in [2.45, 2.75) is 30.1 Å². The number of carbonyl (C=O) groups is 1. The summed E-state index contributed by atoms with van der Waals surface area (Å²) in [5, 5.41) is 2.93. The number of allylic oxidation sites excluding steroid dienone is 2. The van der Waals surface area contributed by atoms with E-state index in [9.17, 15) is 4.79 Å². The molecule has 3 nitrogen and oxygen atoms in total. The first kappa shape index (κ1) is 11.6. The number of nitrogens with two attached hydrogens (primary N) is 1. The van der Waals surface area contributed by atoms with Crippen LogP contribution in [-0.2, 0) is 4.79 Å². The van der Waals surface area contributed by atoms with Crippen LogP contribution in [0.25, 0.3) is 0 Å². The van der Waals surface area contributed by atoms with Gasteiger partial charge in [-0.2, -0.15) is 0 Å². The quantitative estimate of drug-likeness (QED) is 0.617. The SMILES string of the molecule is CCC1=C(C(N)=O)NC=CC1(I)CC. The lowest BCUT2D eigenvalue weighted by molar-refractivity contribution is -0.114. The number of rotatable bonds is 3. The fraction of sp³-hybridized carbons (Fsp3) is 0.500. The minimum absolute atomic E-state index is 0.0534. The number of halogens is 1. The Morgan fingerprint density at radius 2 is 2.29 bits per heavy atom. The molecule has 0 radical (unpaired) electrons. The van der Waals surface area contributed by atoms with Gasteiger partial charge < -0.3 is 11.1 Å². The number of hydrogen-bond donors (Lipinski definition) is 2. The molecule has 1 amide bonds. The molecular formula is C10H15IN2O. The van der Waals surface area contributed by atoms with Gasteiger partial charge in [0.05, 0.1) is 3.42 Å². The molecule has 1 heterocycles. The summed E-state index contributed by atoms with van der Waals surface area (Å²) < 4.78 is -0.0534. The van der Waals surface area contributed by atoms with Crippen molar-refractivity contribution in [3.63, 3.8) is 0 Å². The standard InChI is InChI=1S/C10H15IN2O/c1-3-7-8(9(12)14)13-6-5-10(7,11)4-2/h5-6,13H,3-4H2,1-2H3,(H2,12,14). The van der Waals surface area contributed by atoms with Crippen LogP contribution in [-0.4, -0.2) is 9.33 Å². The zero-order valence-corrected chi connectivity index (χ0v) is 10.6. The summed E-state index contributed by atoms with van der Waals surface area (Å²) in [7, 11) is 0. The van der Waals surface area contributed by atoms with Gasteiger partial charge in [0.15, 0.2) is 0 Å². The van der Waals surface area contributed by atoms with Gasteiger partial charge >= 0.3 is 0 Å². The molecule has 1 aliphatic rings. The molecule has 0 bridgehead atoms. The molecule has 0 saturated heterocycles. The van der Waals surface area contributed by atoms with Gasteiger partial charge in [0.1, 0.15) is 5.70 Å². The highest BCUT2D eigenvalue weighted by atomic mass is 127. The van der Waals surface area contributed by atoms with Crippen molar-refractivity contribution < 1.29 is 4.79 Å². The Balaban J connectivity index is 3.17. The van der Waals surface area contributed by atoms with E-state index in [-0.39, 0.29) is 9.33 Å². The summed E-state index contributed by atoms with van der Waals surface area (Å²) in [6.07, 6.45) is 5.69. The Labute approximate surface area is 98.0 Å². The van der Waals surface area contributed by atoms with Crippen LogP contribution in [0, 0.1) is 0 Å². The van der Waals surface area contributed by atoms with Crippen LogP contribution in [0.4, 0.5) is 0 Å². The van der Waals surface area contributed by atoms with Gasteiger partial charge in [0, 0.05) is 0 Å². The zero-order chi connectivity index (χ0) is 10.8. The van der Waals surface area contributed by atoms with Gasteiger partial charge in [0.25, 0.3) is 5.91 Å². The summed E-state index contributed by atoms with van der Waals surface area (Å²) in [5.41, 5.74) is 6.97. The highest BCUT2D eigenvalue weighted by molar-refractivity contribution is 14.1. The molecule has 0 saturated carbocycles. The number of dihydropyridines is 1. The van der Waals surface area contributed by atoms with Crippen LogP contribution < -0.4 is 11.1 Å². The number of alkyl halides is 1. The van der Waals surface area contributed by atoms with E-state index in [1.165, 1.54) is 0 Å². The second-order valence-electron chi connectivity index (χ2n) is 3.27. The smallest absolute Gasteiger partial charge is 0.265 e. The second-order valence-corrected chi connectivity index (χ2v) is 5.19. The second kappa shape index (κ2) is 4.33. The molecule has 1 atom stereocenters. The van der Waals surface area contributed by atoms with E-state index in [1.54, 1.807) is 6.20 Å². The maximum atomic E-state index is 11.2. The van der Waals surface area contributed by atoms with Crippen LogP contribution in [0.3, 0.4) is 0 Å². The topological polar surface area (TPSA) is 55.1 Å². The van der Waals surface area contributed by atoms with E-state index in [2.05, 4.69) is 40.9 Å². The Bertz CT molecular complexity index is 309. The lowest BCUT2D eigenvalue weighted by Crippen LogP contribution is -2.34. The molecule has 0 aromatic carbocycles. The predicted octanol–water partition coefficient (Wildman–Crippen LogP) is 1.84. The number of primary amides is 1. The molecule has 4 heteroatoms. The third-order valence-electron chi connectivity index (χ3n) is 2.49. The van der Waals surface area contributed by atoms with Crippen molar-refractivity contribution in [3.05, 3.63) is 23.5 Å². The average Bonchev–Trinajstić information content (AvgIpc) is 2.17. The maximum absolute atomic E-state index is 11.2. The van der Waals surface area contributed by atoms with E-state index in [0.717, 1.165) is 18.4 Å². The Morgan fingerprint density at radius 3 is 2.71 bits per heavy atom. The summed E-state index contributed by atoms with van der Waals surface area (Å²) in [5.74, 6) is -0.374. The van der Waals surface area contributed by atoms with E-state index in [1.807, 2.05) is 6.92 Å². The van der Waals surface area contributed by atoms with Gasteiger partial charge in [-0.3, -0.25) is 4.79 Å². The first-order valence-corrected chi connectivity index (χ1v) is 5.79. The number of nitrogens with one attached hydrogen (secondary N) is 1. The third-order valence-corrected chi connectivity index (χ3v) is 4.27. The van der Waals surface area contributed by atoms with Gasteiger partial charge in [-0.1, -0.05) is 36.4 Å².